The van der Waals surface area contributed by atoms with E-state index in [-0.39, 0.29) is 0 Å². The Hall–Kier alpha value is -7.95. The lowest BCUT2D eigenvalue weighted by Gasteiger charge is -2.33. The highest BCUT2D eigenvalue weighted by atomic mass is 15.1. The van der Waals surface area contributed by atoms with E-state index in [1.165, 1.54) is 27.8 Å². The van der Waals surface area contributed by atoms with Gasteiger partial charge in [-0.05, 0) is 81.3 Å². The summed E-state index contributed by atoms with van der Waals surface area (Å²) in [6.45, 7) is 0. The molecule has 2 aliphatic rings. The van der Waals surface area contributed by atoms with E-state index >= 15 is 0 Å². The predicted octanol–water partition coefficient (Wildman–Crippen LogP) is 14.0. The van der Waals surface area contributed by atoms with Crippen LogP contribution in [0.2, 0.25) is 0 Å². The number of fused-ring (bicyclic) bond motifs is 3. The summed E-state index contributed by atoms with van der Waals surface area (Å²) in [7, 11) is 0. The van der Waals surface area contributed by atoms with Gasteiger partial charge in [0.15, 0.2) is 17.5 Å². The van der Waals surface area contributed by atoms with Crippen molar-refractivity contribution in [3.8, 4) is 45.0 Å². The van der Waals surface area contributed by atoms with E-state index in [0.29, 0.717) is 23.4 Å². The molecular formula is C58H42N4. The molecule has 0 fully saturated rings. The third-order valence-corrected chi connectivity index (χ3v) is 12.3. The number of hydrogen-bond donors (Lipinski definition) is 0. The molecule has 0 bridgehead atoms. The number of benzene rings is 8. The largest absolute Gasteiger partial charge is 0.311 e. The van der Waals surface area contributed by atoms with Gasteiger partial charge in [0, 0.05) is 34.1 Å². The average molecular weight is 795 g/mol. The molecule has 11 rings (SSSR count). The van der Waals surface area contributed by atoms with Gasteiger partial charge in [-0.15, -0.1) is 0 Å². The smallest absolute Gasteiger partial charge is 0.163 e. The molecule has 4 nitrogen and oxygen atoms in total. The average Bonchev–Trinajstić information content (AvgIpc) is 3.67. The SMILES string of the molecule is C1=CC(c2ccccc2)CC=C1N(c1ccc(-c2ccccc2)cc1)c1ccc(C2(c3nc(-c4ccccc4)nc(-c4ccccc4)n3)c3ccccc3-c3ccccc32)cc1. The molecular weight excluding hydrogens is 753 g/mol. The van der Waals surface area contributed by atoms with Gasteiger partial charge in [-0.1, -0.05) is 206 Å². The van der Waals surface area contributed by atoms with Crippen LogP contribution in [0.25, 0.3) is 45.0 Å². The highest BCUT2D eigenvalue weighted by Crippen LogP contribution is 2.55. The van der Waals surface area contributed by atoms with Gasteiger partial charge < -0.3 is 4.90 Å². The maximum absolute atomic E-state index is 5.45. The molecule has 9 aromatic rings. The molecule has 62 heavy (non-hydrogen) atoms. The van der Waals surface area contributed by atoms with Crippen LogP contribution in [0.5, 0.6) is 0 Å². The summed E-state index contributed by atoms with van der Waals surface area (Å²) in [5.74, 6) is 2.30. The summed E-state index contributed by atoms with van der Waals surface area (Å²) in [6, 6.07) is 77.3. The van der Waals surface area contributed by atoms with E-state index < -0.39 is 5.41 Å². The standard InChI is InChI=1S/C58H42N4/c1-5-17-41(18-6-1)43-29-35-48(36-30-43)62(49-37-31-44(32-38-49)42-19-7-2-8-20-42)50-39-33-47(34-40-50)58(53-27-15-13-25-51(53)52-26-14-16-28-54(52)58)57-60-55(45-21-9-3-10-22-45)59-56(61-57)46-23-11-4-12-24-46/h1-31,33-40,44H,32H2. The second kappa shape index (κ2) is 15.9. The van der Waals surface area contributed by atoms with Crippen LogP contribution in [-0.2, 0) is 5.41 Å². The number of hydrogen-bond acceptors (Lipinski definition) is 4. The fraction of sp³-hybridized carbons (Fsp3) is 0.0517. The molecule has 0 spiro atoms. The number of aromatic nitrogens is 3. The van der Waals surface area contributed by atoms with E-state index in [9.17, 15) is 0 Å². The van der Waals surface area contributed by atoms with Gasteiger partial charge in [0.1, 0.15) is 5.41 Å². The van der Waals surface area contributed by atoms with E-state index in [4.69, 9.17) is 15.0 Å². The molecule has 0 radical (unpaired) electrons. The number of nitrogens with zero attached hydrogens (tertiary/aromatic N) is 4. The van der Waals surface area contributed by atoms with Crippen molar-refractivity contribution >= 4 is 11.4 Å². The molecule has 0 N–H and O–H groups in total. The Kier molecular flexibility index (Phi) is 9.51. The van der Waals surface area contributed by atoms with Crippen LogP contribution < -0.4 is 4.90 Å². The molecule has 1 heterocycles. The van der Waals surface area contributed by atoms with E-state index in [1.807, 2.05) is 36.4 Å². The van der Waals surface area contributed by atoms with Gasteiger partial charge >= 0.3 is 0 Å². The molecule has 0 aliphatic heterocycles. The molecule has 1 aromatic heterocycles. The molecule has 1 unspecified atom stereocenters. The summed E-state index contributed by atoms with van der Waals surface area (Å²) in [4.78, 5) is 18.4. The Morgan fingerprint density at radius 1 is 0.419 bits per heavy atom. The molecule has 0 amide bonds. The van der Waals surface area contributed by atoms with Crippen molar-refractivity contribution in [2.75, 3.05) is 4.90 Å². The van der Waals surface area contributed by atoms with Crippen molar-refractivity contribution in [3.05, 3.63) is 270 Å². The van der Waals surface area contributed by atoms with Crippen molar-refractivity contribution in [2.45, 2.75) is 17.8 Å². The van der Waals surface area contributed by atoms with Gasteiger partial charge in [0.05, 0.1) is 0 Å². The zero-order valence-corrected chi connectivity index (χ0v) is 34.1. The Bertz CT molecular complexity index is 2970. The number of anilines is 2. The van der Waals surface area contributed by atoms with E-state index in [2.05, 4.69) is 205 Å². The lowest BCUT2D eigenvalue weighted by atomic mass is 9.71. The molecule has 8 aromatic carbocycles. The lowest BCUT2D eigenvalue weighted by Crippen LogP contribution is -2.32. The predicted molar refractivity (Wildman–Crippen MR) is 253 cm³/mol. The highest BCUT2D eigenvalue weighted by Gasteiger charge is 2.49. The van der Waals surface area contributed by atoms with Crippen LogP contribution >= 0.6 is 0 Å². The van der Waals surface area contributed by atoms with Crippen LogP contribution in [0.15, 0.2) is 242 Å². The van der Waals surface area contributed by atoms with Crippen molar-refractivity contribution in [1.29, 1.82) is 0 Å². The third kappa shape index (κ3) is 6.54. The first-order chi connectivity index (χ1) is 30.7. The zero-order chi connectivity index (χ0) is 41.3. The summed E-state index contributed by atoms with van der Waals surface area (Å²) in [6.07, 6.45) is 7.92. The fourth-order valence-electron chi connectivity index (χ4n) is 9.36. The zero-order valence-electron chi connectivity index (χ0n) is 34.1. The quantitative estimate of drug-likeness (QED) is 0.146. The molecule has 4 heteroatoms. The molecule has 294 valence electrons. The first kappa shape index (κ1) is 37.1. The van der Waals surface area contributed by atoms with Crippen LogP contribution in [0, 0.1) is 0 Å². The summed E-state index contributed by atoms with van der Waals surface area (Å²) in [5, 5.41) is 0. The monoisotopic (exact) mass is 794 g/mol. The van der Waals surface area contributed by atoms with Crippen molar-refractivity contribution < 1.29 is 0 Å². The maximum Gasteiger partial charge on any atom is 0.163 e. The summed E-state index contributed by atoms with van der Waals surface area (Å²) in [5.41, 5.74) is 13.8. The molecule has 0 saturated carbocycles. The van der Waals surface area contributed by atoms with Gasteiger partial charge in [0.25, 0.3) is 0 Å². The van der Waals surface area contributed by atoms with Crippen molar-refractivity contribution in [3.63, 3.8) is 0 Å². The maximum atomic E-state index is 5.45. The van der Waals surface area contributed by atoms with Gasteiger partial charge in [-0.25, -0.2) is 15.0 Å². The first-order valence-corrected chi connectivity index (χ1v) is 21.3. The van der Waals surface area contributed by atoms with Crippen LogP contribution in [0.4, 0.5) is 11.4 Å². The minimum Gasteiger partial charge on any atom is -0.311 e. The molecule has 0 saturated heterocycles. The van der Waals surface area contributed by atoms with Crippen LogP contribution in [0.3, 0.4) is 0 Å². The van der Waals surface area contributed by atoms with Gasteiger partial charge in [0.2, 0.25) is 0 Å². The Morgan fingerprint density at radius 3 is 1.39 bits per heavy atom. The highest BCUT2D eigenvalue weighted by molar-refractivity contribution is 5.86. The topological polar surface area (TPSA) is 41.9 Å². The first-order valence-electron chi connectivity index (χ1n) is 21.3. The van der Waals surface area contributed by atoms with Crippen molar-refractivity contribution in [1.82, 2.24) is 15.0 Å². The van der Waals surface area contributed by atoms with Gasteiger partial charge in [-0.3, -0.25) is 0 Å². The number of rotatable bonds is 9. The van der Waals surface area contributed by atoms with E-state index in [1.54, 1.807) is 0 Å². The fourth-order valence-corrected chi connectivity index (χ4v) is 9.36. The Labute approximate surface area is 362 Å². The van der Waals surface area contributed by atoms with Crippen LogP contribution in [-0.4, -0.2) is 15.0 Å². The normalized spacial score (nSPS) is 14.7. The van der Waals surface area contributed by atoms with E-state index in [0.717, 1.165) is 51.3 Å². The second-order valence-corrected chi connectivity index (χ2v) is 15.9. The third-order valence-electron chi connectivity index (χ3n) is 12.3. The molecule has 2 aliphatic carbocycles. The summed E-state index contributed by atoms with van der Waals surface area (Å²) < 4.78 is 0. The number of allylic oxidation sites excluding steroid dienone is 3. The summed E-state index contributed by atoms with van der Waals surface area (Å²) >= 11 is 0. The van der Waals surface area contributed by atoms with Crippen molar-refractivity contribution in [2.24, 2.45) is 0 Å². The minimum atomic E-state index is -0.837. The molecule has 1 atom stereocenters. The minimum absolute atomic E-state index is 0.328. The van der Waals surface area contributed by atoms with Crippen LogP contribution in [0.1, 0.15) is 40.4 Å². The Morgan fingerprint density at radius 2 is 0.871 bits per heavy atom. The second-order valence-electron chi connectivity index (χ2n) is 15.9. The lowest BCUT2D eigenvalue weighted by molar-refractivity contribution is 0.692. The van der Waals surface area contributed by atoms with Gasteiger partial charge in [-0.2, -0.15) is 0 Å². The Balaban J connectivity index is 1.09.